The predicted octanol–water partition coefficient (Wildman–Crippen LogP) is 4.06. The zero-order valence-corrected chi connectivity index (χ0v) is 16.2. The van der Waals surface area contributed by atoms with Crippen LogP contribution in [0.15, 0.2) is 11.1 Å². The van der Waals surface area contributed by atoms with Gasteiger partial charge in [0.2, 0.25) is 0 Å². The first-order valence-electron chi connectivity index (χ1n) is 10.6. The average Bonchev–Trinajstić information content (AvgIpc) is 3.18. The molecule has 2 saturated carbocycles. The van der Waals surface area contributed by atoms with Crippen LogP contribution in [0.3, 0.4) is 0 Å². The van der Waals surface area contributed by atoms with Crippen molar-refractivity contribution in [1.29, 1.82) is 0 Å². The van der Waals surface area contributed by atoms with Crippen LogP contribution < -0.4 is 0 Å². The normalized spacial score (nSPS) is 49.5. The molecule has 0 amide bonds. The third kappa shape index (κ3) is 2.13. The van der Waals surface area contributed by atoms with Crippen LogP contribution in [0, 0.1) is 41.4 Å². The van der Waals surface area contributed by atoms with Crippen molar-refractivity contribution >= 4 is 0 Å². The molecule has 26 heavy (non-hydrogen) atoms. The molecule has 142 valence electrons. The van der Waals surface area contributed by atoms with E-state index in [1.807, 2.05) is 0 Å². The van der Waals surface area contributed by atoms with E-state index in [9.17, 15) is 5.11 Å². The quantitative estimate of drug-likeness (QED) is 0.525. The van der Waals surface area contributed by atoms with Crippen LogP contribution in [0.1, 0.15) is 65.2 Å². The first kappa shape index (κ1) is 17.3. The maximum absolute atomic E-state index is 11.1. The second-order valence-electron chi connectivity index (χ2n) is 9.88. The predicted molar refractivity (Wildman–Crippen MR) is 100 cm³/mol. The Morgan fingerprint density at radius 1 is 1.15 bits per heavy atom. The lowest BCUT2D eigenvalue weighted by Gasteiger charge is -2.55. The topological polar surface area (TPSA) is 38.7 Å². The van der Waals surface area contributed by atoms with Gasteiger partial charge in [-0.2, -0.15) is 0 Å². The molecule has 1 saturated heterocycles. The molecule has 3 nitrogen and oxygen atoms in total. The summed E-state index contributed by atoms with van der Waals surface area (Å²) in [7, 11) is 0. The van der Waals surface area contributed by atoms with E-state index in [1.54, 1.807) is 11.1 Å². The highest BCUT2D eigenvalue weighted by Gasteiger charge is 2.62. The van der Waals surface area contributed by atoms with Crippen LogP contribution in [0.4, 0.5) is 0 Å². The van der Waals surface area contributed by atoms with Crippen molar-refractivity contribution in [2.24, 2.45) is 29.1 Å². The lowest BCUT2D eigenvalue weighted by Crippen LogP contribution is -2.52. The second kappa shape index (κ2) is 5.60. The Balaban J connectivity index is 1.47. The second-order valence-corrected chi connectivity index (χ2v) is 9.88. The van der Waals surface area contributed by atoms with Crippen molar-refractivity contribution < 1.29 is 14.6 Å². The molecule has 0 bridgehead atoms. The standard InChI is InChI=1S/C23H32O3/c1-4-22(24)9-7-19-20-15(2)13-16-14-23(25-11-12-26-23)10-6-17(16)18(20)5-8-21(19,22)3/h1,15,18-20,24H,5-14H2,2-3H3/t15-,18-,19+,20-,21+,22-/m1/s1. The molecule has 1 spiro atoms. The van der Waals surface area contributed by atoms with Crippen molar-refractivity contribution in [3.8, 4) is 12.3 Å². The van der Waals surface area contributed by atoms with Gasteiger partial charge in [-0.15, -0.1) is 6.42 Å². The fourth-order valence-electron chi connectivity index (χ4n) is 7.60. The number of ether oxygens (including phenoxy) is 2. The van der Waals surface area contributed by atoms with Crippen molar-refractivity contribution in [2.45, 2.75) is 76.6 Å². The van der Waals surface area contributed by atoms with Crippen molar-refractivity contribution in [1.82, 2.24) is 0 Å². The SMILES string of the molecule is C#C[C@@]1(O)CC[C@H]2[C@@H]3[C@H](C)CC4=C(CCC5(C4)OCCO5)[C@H]3CC[C@@]21C. The van der Waals surface area contributed by atoms with Gasteiger partial charge in [0.1, 0.15) is 5.60 Å². The Morgan fingerprint density at radius 2 is 1.92 bits per heavy atom. The summed E-state index contributed by atoms with van der Waals surface area (Å²) in [5.74, 6) is 5.05. The van der Waals surface area contributed by atoms with Gasteiger partial charge in [-0.3, -0.25) is 0 Å². The fourth-order valence-corrected chi connectivity index (χ4v) is 7.60. The Hall–Kier alpha value is -0.820. The minimum absolute atomic E-state index is 0.108. The van der Waals surface area contributed by atoms with Crippen LogP contribution in [-0.4, -0.2) is 29.7 Å². The van der Waals surface area contributed by atoms with Gasteiger partial charge in [-0.1, -0.05) is 30.9 Å². The number of aliphatic hydroxyl groups is 1. The first-order chi connectivity index (χ1) is 12.4. The summed E-state index contributed by atoms with van der Waals surface area (Å²) in [5, 5.41) is 11.1. The van der Waals surface area contributed by atoms with Gasteiger partial charge in [0.15, 0.2) is 5.79 Å². The molecule has 0 unspecified atom stereocenters. The van der Waals surface area contributed by atoms with E-state index in [4.69, 9.17) is 15.9 Å². The summed E-state index contributed by atoms with van der Waals surface area (Å²) in [6, 6.07) is 0. The highest BCUT2D eigenvalue weighted by atomic mass is 16.7. The van der Waals surface area contributed by atoms with Gasteiger partial charge < -0.3 is 14.6 Å². The van der Waals surface area contributed by atoms with Gasteiger partial charge in [-0.05, 0) is 62.2 Å². The monoisotopic (exact) mass is 356 g/mol. The van der Waals surface area contributed by atoms with Gasteiger partial charge in [0.05, 0.1) is 13.2 Å². The van der Waals surface area contributed by atoms with E-state index in [-0.39, 0.29) is 11.2 Å². The Labute approximate surface area is 157 Å². The van der Waals surface area contributed by atoms with Crippen molar-refractivity contribution in [3.05, 3.63) is 11.1 Å². The smallest absolute Gasteiger partial charge is 0.172 e. The fraction of sp³-hybridized carbons (Fsp3) is 0.826. The Kier molecular flexibility index (Phi) is 3.72. The van der Waals surface area contributed by atoms with E-state index in [0.29, 0.717) is 23.7 Å². The number of rotatable bonds is 0. The number of hydrogen-bond donors (Lipinski definition) is 1. The summed E-state index contributed by atoms with van der Waals surface area (Å²) in [5.41, 5.74) is 2.33. The van der Waals surface area contributed by atoms with Crippen LogP contribution in [0.2, 0.25) is 0 Å². The Morgan fingerprint density at radius 3 is 2.65 bits per heavy atom. The summed E-state index contributed by atoms with van der Waals surface area (Å²) < 4.78 is 12.0. The van der Waals surface area contributed by atoms with E-state index < -0.39 is 5.60 Å². The van der Waals surface area contributed by atoms with Crippen LogP contribution in [0.5, 0.6) is 0 Å². The summed E-state index contributed by atoms with van der Waals surface area (Å²) in [6.45, 7) is 6.19. The van der Waals surface area contributed by atoms with E-state index in [2.05, 4.69) is 19.8 Å². The first-order valence-corrected chi connectivity index (χ1v) is 10.6. The third-order valence-corrected chi connectivity index (χ3v) is 8.92. The highest BCUT2D eigenvalue weighted by molar-refractivity contribution is 5.31. The van der Waals surface area contributed by atoms with Gasteiger partial charge >= 0.3 is 0 Å². The molecule has 1 aliphatic heterocycles. The summed E-state index contributed by atoms with van der Waals surface area (Å²) >= 11 is 0. The van der Waals surface area contributed by atoms with E-state index in [1.165, 1.54) is 12.8 Å². The minimum Gasteiger partial charge on any atom is -0.377 e. The summed E-state index contributed by atoms with van der Waals surface area (Å²) in [6.07, 6.45) is 14.2. The molecule has 5 rings (SSSR count). The zero-order chi connectivity index (χ0) is 18.2. The average molecular weight is 357 g/mol. The zero-order valence-electron chi connectivity index (χ0n) is 16.2. The highest BCUT2D eigenvalue weighted by Crippen LogP contribution is 2.65. The molecule has 0 aromatic rings. The number of allylic oxidation sites excluding steroid dienone is 1. The third-order valence-electron chi connectivity index (χ3n) is 8.92. The molecule has 1 heterocycles. The molecule has 0 aromatic heterocycles. The molecule has 3 heteroatoms. The number of fused-ring (bicyclic) bond motifs is 4. The van der Waals surface area contributed by atoms with Crippen LogP contribution >= 0.6 is 0 Å². The number of hydrogen-bond acceptors (Lipinski definition) is 3. The van der Waals surface area contributed by atoms with Gasteiger partial charge in [0, 0.05) is 18.3 Å². The van der Waals surface area contributed by atoms with E-state index in [0.717, 1.165) is 51.7 Å². The molecule has 3 fully saturated rings. The Bertz CT molecular complexity index is 682. The molecule has 5 aliphatic rings. The summed E-state index contributed by atoms with van der Waals surface area (Å²) in [4.78, 5) is 0. The van der Waals surface area contributed by atoms with Crippen LogP contribution in [-0.2, 0) is 9.47 Å². The number of terminal acetylenes is 1. The molecule has 4 aliphatic carbocycles. The minimum atomic E-state index is -0.904. The maximum Gasteiger partial charge on any atom is 0.172 e. The van der Waals surface area contributed by atoms with Gasteiger partial charge in [0.25, 0.3) is 0 Å². The van der Waals surface area contributed by atoms with Crippen molar-refractivity contribution in [2.75, 3.05) is 13.2 Å². The molecule has 0 aromatic carbocycles. The molecule has 0 radical (unpaired) electrons. The maximum atomic E-state index is 11.1. The van der Waals surface area contributed by atoms with E-state index >= 15 is 0 Å². The molecular formula is C23H32O3. The molecule has 6 atom stereocenters. The lowest BCUT2D eigenvalue weighted by molar-refractivity contribution is -0.167. The van der Waals surface area contributed by atoms with Crippen LogP contribution in [0.25, 0.3) is 0 Å². The van der Waals surface area contributed by atoms with Gasteiger partial charge in [-0.25, -0.2) is 0 Å². The molecular weight excluding hydrogens is 324 g/mol. The lowest BCUT2D eigenvalue weighted by atomic mass is 9.50. The van der Waals surface area contributed by atoms with Crippen molar-refractivity contribution in [3.63, 3.8) is 0 Å². The molecule has 1 N–H and O–H groups in total. The largest absolute Gasteiger partial charge is 0.377 e.